The molecule has 1 aliphatic rings. The summed E-state index contributed by atoms with van der Waals surface area (Å²) >= 11 is 0. The van der Waals surface area contributed by atoms with Crippen LogP contribution in [0.5, 0.6) is 0 Å². The van der Waals surface area contributed by atoms with Gasteiger partial charge in [-0.1, -0.05) is 18.2 Å². The number of para-hydroxylation sites is 1. The van der Waals surface area contributed by atoms with E-state index in [0.717, 1.165) is 18.5 Å². The maximum absolute atomic E-state index is 13.3. The van der Waals surface area contributed by atoms with Gasteiger partial charge < -0.3 is 9.88 Å². The topological polar surface area (TPSA) is 83.4 Å². The molecule has 3 aromatic heterocycles. The van der Waals surface area contributed by atoms with Gasteiger partial charge in [0.2, 0.25) is 0 Å². The lowest BCUT2D eigenvalue weighted by molar-refractivity contribution is 0.0729. The fourth-order valence-electron chi connectivity index (χ4n) is 3.41. The van der Waals surface area contributed by atoms with Crippen molar-refractivity contribution in [1.29, 1.82) is 0 Å². The highest BCUT2D eigenvalue weighted by atomic mass is 16.2. The number of hydrogen-bond donors (Lipinski definition) is 1. The number of amides is 1. The van der Waals surface area contributed by atoms with Gasteiger partial charge in [0.15, 0.2) is 0 Å². The minimum absolute atomic E-state index is 0.135. The molecule has 0 saturated heterocycles. The molecule has 0 spiro atoms. The predicted molar refractivity (Wildman–Crippen MR) is 100 cm³/mol. The van der Waals surface area contributed by atoms with Crippen LogP contribution in [-0.4, -0.2) is 36.4 Å². The molecule has 1 aliphatic carbocycles. The van der Waals surface area contributed by atoms with Crippen LogP contribution in [0.1, 0.15) is 28.9 Å². The van der Waals surface area contributed by atoms with Gasteiger partial charge in [0.05, 0.1) is 29.3 Å². The van der Waals surface area contributed by atoms with Crippen molar-refractivity contribution in [3.8, 4) is 0 Å². The quantitative estimate of drug-likeness (QED) is 0.606. The third-order valence-corrected chi connectivity index (χ3v) is 4.92. The predicted octanol–water partition coefficient (Wildman–Crippen LogP) is 2.38. The van der Waals surface area contributed by atoms with E-state index < -0.39 is 0 Å². The van der Waals surface area contributed by atoms with Crippen molar-refractivity contribution in [2.24, 2.45) is 0 Å². The fraction of sp³-hybridized carbons (Fsp3) is 0.200. The molecule has 5 rings (SSSR count). The molecule has 7 nitrogen and oxygen atoms in total. The number of carbonyl (C=O) groups is 1. The second-order valence-corrected chi connectivity index (χ2v) is 6.78. The Morgan fingerprint density at radius 1 is 1.19 bits per heavy atom. The first kappa shape index (κ1) is 15.7. The number of fused-ring (bicyclic) bond motifs is 3. The lowest BCUT2D eigenvalue weighted by Crippen LogP contribution is -2.33. The lowest BCUT2D eigenvalue weighted by atomic mass is 10.2. The van der Waals surface area contributed by atoms with Crippen molar-refractivity contribution in [2.75, 3.05) is 0 Å². The molecule has 1 fully saturated rings. The summed E-state index contributed by atoms with van der Waals surface area (Å²) < 4.78 is 1.62. The standard InChI is InChI=1S/C20H17N5O2/c26-19-15-6-1-2-7-17(15)25-18(23-19)16(11-22-25)20(27)24(14-8-9-14)12-13-5-3-4-10-21-13/h1-7,10-11,14H,8-9,12H2,(H,23,26). The SMILES string of the molecule is O=C(c1cnn2c1[nH]c(=O)c1ccccc12)N(Cc1ccccn1)C1CC1. The molecule has 0 atom stereocenters. The van der Waals surface area contributed by atoms with Crippen LogP contribution >= 0.6 is 0 Å². The van der Waals surface area contributed by atoms with Crippen LogP contribution in [0.4, 0.5) is 0 Å². The minimum Gasteiger partial charge on any atom is -0.330 e. The minimum atomic E-state index is -0.227. The van der Waals surface area contributed by atoms with Gasteiger partial charge in [0.25, 0.3) is 11.5 Å². The Labute approximate surface area is 154 Å². The summed E-state index contributed by atoms with van der Waals surface area (Å²) in [5.74, 6) is -0.135. The average molecular weight is 359 g/mol. The van der Waals surface area contributed by atoms with Crippen LogP contribution in [0.2, 0.25) is 0 Å². The Bertz CT molecular complexity index is 1210. The number of rotatable bonds is 4. The highest BCUT2D eigenvalue weighted by Crippen LogP contribution is 2.30. The highest BCUT2D eigenvalue weighted by molar-refractivity contribution is 6.00. The number of aromatic amines is 1. The number of benzene rings is 1. The van der Waals surface area contributed by atoms with E-state index in [1.165, 1.54) is 6.20 Å². The van der Waals surface area contributed by atoms with Gasteiger partial charge in [-0.05, 0) is 37.1 Å². The smallest absolute Gasteiger partial charge is 0.259 e. The monoisotopic (exact) mass is 359 g/mol. The van der Waals surface area contributed by atoms with Gasteiger partial charge in [0.1, 0.15) is 11.2 Å². The Morgan fingerprint density at radius 3 is 2.78 bits per heavy atom. The number of aromatic nitrogens is 4. The molecule has 1 amide bonds. The van der Waals surface area contributed by atoms with E-state index in [1.807, 2.05) is 35.2 Å². The molecule has 1 saturated carbocycles. The number of pyridine rings is 1. The third-order valence-electron chi connectivity index (χ3n) is 4.92. The molecule has 1 N–H and O–H groups in total. The Balaban J connectivity index is 1.59. The summed E-state index contributed by atoms with van der Waals surface area (Å²) in [5.41, 5.74) is 2.12. The van der Waals surface area contributed by atoms with E-state index in [1.54, 1.807) is 22.8 Å². The number of nitrogens with zero attached hydrogens (tertiary/aromatic N) is 4. The first-order chi connectivity index (χ1) is 13.2. The van der Waals surface area contributed by atoms with Crippen LogP contribution in [0.25, 0.3) is 16.6 Å². The molecule has 1 aromatic carbocycles. The van der Waals surface area contributed by atoms with Gasteiger partial charge in [-0.3, -0.25) is 14.6 Å². The van der Waals surface area contributed by atoms with Crippen LogP contribution in [-0.2, 0) is 6.54 Å². The van der Waals surface area contributed by atoms with Crippen molar-refractivity contribution in [1.82, 2.24) is 24.5 Å². The summed E-state index contributed by atoms with van der Waals surface area (Å²) in [5, 5.41) is 4.90. The van der Waals surface area contributed by atoms with Crippen LogP contribution in [0, 0.1) is 0 Å². The zero-order chi connectivity index (χ0) is 18.4. The molecule has 0 radical (unpaired) electrons. The second kappa shape index (κ2) is 6.05. The maximum Gasteiger partial charge on any atom is 0.259 e. The molecule has 0 unspecified atom stereocenters. The molecule has 27 heavy (non-hydrogen) atoms. The molecule has 0 bridgehead atoms. The average Bonchev–Trinajstić information content (AvgIpc) is 3.46. The van der Waals surface area contributed by atoms with E-state index in [2.05, 4.69) is 15.1 Å². The maximum atomic E-state index is 13.3. The number of carbonyl (C=O) groups excluding carboxylic acids is 1. The van der Waals surface area contributed by atoms with Crippen LogP contribution in [0.3, 0.4) is 0 Å². The summed E-state index contributed by atoms with van der Waals surface area (Å²) in [6, 6.07) is 13.1. The van der Waals surface area contributed by atoms with Crippen molar-refractivity contribution < 1.29 is 4.79 Å². The molecule has 134 valence electrons. The first-order valence-electron chi connectivity index (χ1n) is 8.92. The first-order valence-corrected chi connectivity index (χ1v) is 8.92. The van der Waals surface area contributed by atoms with E-state index in [4.69, 9.17) is 0 Å². The molecular weight excluding hydrogens is 342 g/mol. The summed E-state index contributed by atoms with van der Waals surface area (Å²) in [4.78, 5) is 34.7. The summed E-state index contributed by atoms with van der Waals surface area (Å²) in [7, 11) is 0. The molecular formula is C20H17N5O2. The van der Waals surface area contributed by atoms with Crippen LogP contribution < -0.4 is 5.56 Å². The van der Waals surface area contributed by atoms with Crippen molar-refractivity contribution in [2.45, 2.75) is 25.4 Å². The normalized spacial score (nSPS) is 13.9. The Hall–Kier alpha value is -3.48. The molecule has 7 heteroatoms. The molecule has 0 aliphatic heterocycles. The molecule has 4 aromatic rings. The van der Waals surface area contributed by atoms with E-state index in [0.29, 0.717) is 28.7 Å². The third kappa shape index (κ3) is 2.68. The van der Waals surface area contributed by atoms with Gasteiger partial charge in [-0.25, -0.2) is 4.52 Å². The van der Waals surface area contributed by atoms with E-state index >= 15 is 0 Å². The number of H-pyrrole nitrogens is 1. The second-order valence-electron chi connectivity index (χ2n) is 6.78. The van der Waals surface area contributed by atoms with Crippen molar-refractivity contribution in [3.63, 3.8) is 0 Å². The number of hydrogen-bond acceptors (Lipinski definition) is 4. The summed E-state index contributed by atoms with van der Waals surface area (Å²) in [6.07, 6.45) is 5.23. The van der Waals surface area contributed by atoms with Crippen LogP contribution in [0.15, 0.2) is 59.7 Å². The summed E-state index contributed by atoms with van der Waals surface area (Å²) in [6.45, 7) is 0.444. The van der Waals surface area contributed by atoms with Gasteiger partial charge >= 0.3 is 0 Å². The lowest BCUT2D eigenvalue weighted by Gasteiger charge is -2.21. The van der Waals surface area contributed by atoms with E-state index in [-0.39, 0.29) is 17.5 Å². The van der Waals surface area contributed by atoms with Crippen molar-refractivity contribution >= 4 is 22.5 Å². The fourth-order valence-corrected chi connectivity index (χ4v) is 3.41. The van der Waals surface area contributed by atoms with Crippen molar-refractivity contribution in [3.05, 3.63) is 76.5 Å². The largest absolute Gasteiger partial charge is 0.330 e. The zero-order valence-electron chi connectivity index (χ0n) is 14.5. The molecule has 3 heterocycles. The van der Waals surface area contributed by atoms with Gasteiger partial charge in [-0.2, -0.15) is 5.10 Å². The highest BCUT2D eigenvalue weighted by Gasteiger charge is 2.34. The number of nitrogens with one attached hydrogen (secondary N) is 1. The van der Waals surface area contributed by atoms with E-state index in [9.17, 15) is 9.59 Å². The Kier molecular flexibility index (Phi) is 3.53. The zero-order valence-corrected chi connectivity index (χ0v) is 14.5. The van der Waals surface area contributed by atoms with Gasteiger partial charge in [0, 0.05) is 12.2 Å². The van der Waals surface area contributed by atoms with Gasteiger partial charge in [-0.15, -0.1) is 0 Å². The Morgan fingerprint density at radius 2 is 2.00 bits per heavy atom.